The van der Waals surface area contributed by atoms with Crippen LogP contribution in [0.5, 0.6) is 0 Å². The Morgan fingerprint density at radius 3 is 1.37 bits per heavy atom. The van der Waals surface area contributed by atoms with Crippen molar-refractivity contribution in [2.24, 2.45) is 0 Å². The number of aliphatic hydroxyl groups excluding tert-OH is 17. The molecule has 4 aliphatic rings. The molecule has 0 aliphatic carbocycles. The largest absolute Gasteiger partial charge is 0.394 e. The summed E-state index contributed by atoms with van der Waals surface area (Å²) in [6, 6.07) is -1.70. The third kappa shape index (κ3) is 11.2. The van der Waals surface area contributed by atoms with Crippen LogP contribution in [-0.4, -0.2) is 280 Å². The van der Waals surface area contributed by atoms with Crippen molar-refractivity contribution >= 4 is 5.91 Å². The van der Waals surface area contributed by atoms with Gasteiger partial charge in [0.1, 0.15) is 122 Å². The predicted molar refractivity (Wildman–Crippen MR) is 180 cm³/mol. The molecule has 0 bridgehead atoms. The van der Waals surface area contributed by atoms with Gasteiger partial charge in [-0.2, -0.15) is 0 Å². The Labute approximate surface area is 334 Å². The Kier molecular flexibility index (Phi) is 18.9. The molecule has 0 aromatic rings. The average Bonchev–Trinajstić information content (AvgIpc) is 3.22. The summed E-state index contributed by atoms with van der Waals surface area (Å²) in [5.74, 6) is -0.823. The van der Waals surface area contributed by atoms with Gasteiger partial charge in [-0.25, -0.2) is 0 Å². The molecule has 18 N–H and O–H groups in total. The first-order valence-corrected chi connectivity index (χ1v) is 18.5. The van der Waals surface area contributed by atoms with Gasteiger partial charge in [0, 0.05) is 6.92 Å². The van der Waals surface area contributed by atoms with E-state index < -0.39 is 193 Å². The van der Waals surface area contributed by atoms with Gasteiger partial charge >= 0.3 is 0 Å². The number of carbonyl (C=O) groups excluding carboxylic acids is 1. The van der Waals surface area contributed by atoms with Crippen LogP contribution in [0.25, 0.3) is 0 Å². The molecule has 4 saturated heterocycles. The van der Waals surface area contributed by atoms with Gasteiger partial charge in [0.25, 0.3) is 0 Å². The van der Waals surface area contributed by atoms with E-state index in [9.17, 15) is 91.6 Å². The minimum absolute atomic E-state index is 0.823. The number of hydrogen-bond acceptors (Lipinski definition) is 26. The lowest BCUT2D eigenvalue weighted by Crippen LogP contribution is -2.70. The zero-order chi connectivity index (χ0) is 44.0. The molecule has 4 fully saturated rings. The maximum Gasteiger partial charge on any atom is 0.217 e. The standard InChI is InChI=1S/C32H57NO26/c1-8(40)33-15-26(57-30-22(49)21(48)17(44)11(4-36)53-30)18(45)12(5-37)52-29(15)58-27-19(46)13(6-38)55-32(23(27)50)59-28-20(47)14(7-39)54-31(24(28)51)56-25(10(42)3-35)16(43)9(41)2-34/h9-32,34-39,41-51H,2-7H2,1H3,(H,33,40)/t9-,10+,11+,12+,13+,14+,15+,16+,17-,18+,19-,20-,21-,22+,23+,24+,25+,26+,27-,28-,29-,30-,31-,32+/m0/s1. The molecule has 0 spiro atoms. The first-order chi connectivity index (χ1) is 27.9. The van der Waals surface area contributed by atoms with E-state index in [1.807, 2.05) is 0 Å². The molecule has 24 atom stereocenters. The van der Waals surface area contributed by atoms with Crippen molar-refractivity contribution in [2.45, 2.75) is 154 Å². The number of amides is 1. The van der Waals surface area contributed by atoms with E-state index in [4.69, 9.17) is 37.9 Å². The van der Waals surface area contributed by atoms with Gasteiger partial charge in [-0.15, -0.1) is 0 Å². The Morgan fingerprint density at radius 2 is 0.898 bits per heavy atom. The second-order valence-corrected chi connectivity index (χ2v) is 14.4. The molecule has 0 unspecified atom stereocenters. The molecular formula is C32H57NO26. The van der Waals surface area contributed by atoms with E-state index in [1.165, 1.54) is 0 Å². The number of nitrogens with one attached hydrogen (secondary N) is 1. The minimum atomic E-state index is -2.21. The zero-order valence-electron chi connectivity index (χ0n) is 31.4. The van der Waals surface area contributed by atoms with Crippen molar-refractivity contribution in [2.75, 3.05) is 39.6 Å². The molecule has 346 valence electrons. The fraction of sp³-hybridized carbons (Fsp3) is 0.969. The number of ether oxygens (including phenoxy) is 8. The Hall–Kier alpha value is -1.53. The molecule has 59 heavy (non-hydrogen) atoms. The van der Waals surface area contributed by atoms with Crippen LogP contribution in [0, 0.1) is 0 Å². The molecule has 0 saturated carbocycles. The van der Waals surface area contributed by atoms with E-state index >= 15 is 0 Å². The first-order valence-electron chi connectivity index (χ1n) is 18.5. The number of hydrogen-bond donors (Lipinski definition) is 18. The normalized spacial score (nSPS) is 45.3. The number of rotatable bonds is 18. The summed E-state index contributed by atoms with van der Waals surface area (Å²) >= 11 is 0. The zero-order valence-corrected chi connectivity index (χ0v) is 31.4. The summed E-state index contributed by atoms with van der Waals surface area (Å²) in [6.45, 7) is -4.93. The smallest absolute Gasteiger partial charge is 0.217 e. The second-order valence-electron chi connectivity index (χ2n) is 14.4. The van der Waals surface area contributed by atoms with E-state index in [1.54, 1.807) is 0 Å². The molecule has 27 nitrogen and oxygen atoms in total. The first kappa shape index (κ1) is 50.1. The van der Waals surface area contributed by atoms with Crippen LogP contribution in [0.1, 0.15) is 6.92 Å². The molecule has 4 aliphatic heterocycles. The SMILES string of the molecule is CC(=O)N[C@H]1[C@H](O[C@H]2[C@@H](O)[C@@H](CO)O[C@H](O[C@H]3[C@@H](O)[C@@H](CO)O[C@@H](O[C@@H]([C@H](O)[C@@H](O)CO)[C@H](O)CO)[C@@H]3O)[C@@H]2O)O[C@H](CO)[C@@H](O)[C@@H]1O[C@@H]1O[C@H](CO)[C@H](O)[C@H](O)[C@H]1O. The van der Waals surface area contributed by atoms with Crippen LogP contribution in [-0.2, 0) is 42.7 Å². The molecule has 0 aromatic carbocycles. The highest BCUT2D eigenvalue weighted by Crippen LogP contribution is 2.35. The van der Waals surface area contributed by atoms with Crippen molar-refractivity contribution in [3.63, 3.8) is 0 Å². The van der Waals surface area contributed by atoms with Crippen LogP contribution < -0.4 is 5.32 Å². The van der Waals surface area contributed by atoms with Crippen LogP contribution in [0.2, 0.25) is 0 Å². The lowest BCUT2D eigenvalue weighted by molar-refractivity contribution is -0.384. The van der Waals surface area contributed by atoms with Gasteiger partial charge in [-0.3, -0.25) is 4.79 Å². The third-order valence-corrected chi connectivity index (χ3v) is 10.4. The van der Waals surface area contributed by atoms with Gasteiger partial charge in [0.15, 0.2) is 25.2 Å². The van der Waals surface area contributed by atoms with Gasteiger partial charge in [0.2, 0.25) is 5.91 Å². The summed E-state index contributed by atoms with van der Waals surface area (Å²) < 4.78 is 44.8. The number of aliphatic hydroxyl groups is 17. The van der Waals surface area contributed by atoms with Crippen molar-refractivity contribution < 1.29 is 130 Å². The Morgan fingerprint density at radius 1 is 0.508 bits per heavy atom. The van der Waals surface area contributed by atoms with Crippen molar-refractivity contribution in [3.8, 4) is 0 Å². The van der Waals surface area contributed by atoms with Gasteiger partial charge in [-0.05, 0) is 0 Å². The van der Waals surface area contributed by atoms with Crippen LogP contribution >= 0.6 is 0 Å². The van der Waals surface area contributed by atoms with E-state index in [0.717, 1.165) is 6.92 Å². The molecular weight excluding hydrogens is 814 g/mol. The van der Waals surface area contributed by atoms with Crippen molar-refractivity contribution in [1.29, 1.82) is 0 Å². The topological polar surface area (TPSA) is 447 Å². The molecule has 4 rings (SSSR count). The molecule has 1 amide bonds. The van der Waals surface area contributed by atoms with Crippen molar-refractivity contribution in [1.82, 2.24) is 5.32 Å². The highest BCUT2D eigenvalue weighted by atomic mass is 16.8. The van der Waals surface area contributed by atoms with Gasteiger partial charge < -0.3 is 130 Å². The van der Waals surface area contributed by atoms with Crippen molar-refractivity contribution in [3.05, 3.63) is 0 Å². The monoisotopic (exact) mass is 871 g/mol. The van der Waals surface area contributed by atoms with Gasteiger partial charge in [-0.1, -0.05) is 0 Å². The molecule has 0 aromatic heterocycles. The fourth-order valence-electron chi connectivity index (χ4n) is 7.02. The van der Waals surface area contributed by atoms with E-state index in [0.29, 0.717) is 0 Å². The highest BCUT2D eigenvalue weighted by molar-refractivity contribution is 5.73. The summed E-state index contributed by atoms with van der Waals surface area (Å²) in [5, 5.41) is 179. The Balaban J connectivity index is 1.62. The lowest BCUT2D eigenvalue weighted by Gasteiger charge is -2.50. The molecule has 4 heterocycles. The summed E-state index contributed by atoms with van der Waals surface area (Å²) in [5.41, 5.74) is 0. The maximum atomic E-state index is 12.4. The molecule has 0 radical (unpaired) electrons. The van der Waals surface area contributed by atoms with E-state index in [-0.39, 0.29) is 0 Å². The van der Waals surface area contributed by atoms with Crippen LogP contribution in [0.3, 0.4) is 0 Å². The maximum absolute atomic E-state index is 12.4. The molecule has 27 heteroatoms. The van der Waals surface area contributed by atoms with E-state index in [2.05, 4.69) is 5.32 Å². The lowest BCUT2D eigenvalue weighted by atomic mass is 9.94. The predicted octanol–water partition coefficient (Wildman–Crippen LogP) is -12.1. The van der Waals surface area contributed by atoms with Gasteiger partial charge in [0.05, 0.1) is 39.6 Å². The number of carbonyl (C=O) groups is 1. The summed E-state index contributed by atoms with van der Waals surface area (Å²) in [7, 11) is 0. The average molecular weight is 872 g/mol. The van der Waals surface area contributed by atoms with Crippen LogP contribution in [0.15, 0.2) is 0 Å². The fourth-order valence-corrected chi connectivity index (χ4v) is 7.02. The quantitative estimate of drug-likeness (QED) is 0.0608. The Bertz CT molecular complexity index is 1280. The summed E-state index contributed by atoms with van der Waals surface area (Å²) in [6.07, 6.45) is -44.3. The highest BCUT2D eigenvalue weighted by Gasteiger charge is 2.56. The third-order valence-electron chi connectivity index (χ3n) is 10.4. The summed E-state index contributed by atoms with van der Waals surface area (Å²) in [4.78, 5) is 12.4. The van der Waals surface area contributed by atoms with Crippen LogP contribution in [0.4, 0.5) is 0 Å². The second kappa shape index (κ2) is 22.2. The minimum Gasteiger partial charge on any atom is -0.394 e.